The second-order valence-corrected chi connectivity index (χ2v) is 8.55. The van der Waals surface area contributed by atoms with Crippen molar-refractivity contribution in [2.24, 2.45) is 0 Å². The van der Waals surface area contributed by atoms with Gasteiger partial charge in [0, 0.05) is 10.0 Å². The number of ether oxygens (including phenoxy) is 1. The first kappa shape index (κ1) is 22.6. The lowest BCUT2D eigenvalue weighted by Gasteiger charge is -2.26. The Bertz CT molecular complexity index is 1120. The van der Waals surface area contributed by atoms with Gasteiger partial charge in [0.1, 0.15) is 17.9 Å². The molecule has 3 rings (SSSR count). The average molecular weight is 575 g/mol. The summed E-state index contributed by atoms with van der Waals surface area (Å²) in [6, 6.07) is 6.81. The highest BCUT2D eigenvalue weighted by Gasteiger charge is 2.37. The fourth-order valence-corrected chi connectivity index (χ4v) is 4.32. The number of hydrogen-bond donors (Lipinski definition) is 1. The molecular formula is C20H12Br2Cl2N2O4. The standard InChI is InChI=1S/C20H12Br2Cl2N2O4/c1-2-5-30-17-10(6-11(21)8-14(17)22)7-13-18(27)25-20(29)26(19(13)28)12-3-4-15(23)16(24)9-12/h2-4,6-9H,1,5H2,(H,25,27,29)/b13-7+. The second-order valence-electron chi connectivity index (χ2n) is 5.96. The molecule has 2 aromatic rings. The van der Waals surface area contributed by atoms with Crippen LogP contribution in [0.2, 0.25) is 10.0 Å². The molecule has 0 atom stereocenters. The van der Waals surface area contributed by atoms with Crippen molar-refractivity contribution in [3.63, 3.8) is 0 Å². The normalized spacial score (nSPS) is 15.4. The van der Waals surface area contributed by atoms with Gasteiger partial charge in [0.15, 0.2) is 0 Å². The minimum Gasteiger partial charge on any atom is -0.488 e. The number of hydrogen-bond acceptors (Lipinski definition) is 4. The fourth-order valence-electron chi connectivity index (χ4n) is 2.65. The van der Waals surface area contributed by atoms with Crippen molar-refractivity contribution in [1.82, 2.24) is 5.32 Å². The Labute approximate surface area is 198 Å². The molecule has 4 amide bonds. The maximum Gasteiger partial charge on any atom is 0.335 e. The average Bonchev–Trinajstić information content (AvgIpc) is 2.67. The van der Waals surface area contributed by atoms with Crippen molar-refractivity contribution in [2.45, 2.75) is 0 Å². The first-order valence-corrected chi connectivity index (χ1v) is 10.7. The zero-order chi connectivity index (χ0) is 22.0. The largest absolute Gasteiger partial charge is 0.488 e. The number of nitrogens with one attached hydrogen (secondary N) is 1. The van der Waals surface area contributed by atoms with E-state index >= 15 is 0 Å². The number of imide groups is 2. The van der Waals surface area contributed by atoms with Gasteiger partial charge in [-0.1, -0.05) is 51.8 Å². The van der Waals surface area contributed by atoms with Crippen LogP contribution in [0.3, 0.4) is 0 Å². The number of urea groups is 1. The van der Waals surface area contributed by atoms with E-state index in [-0.39, 0.29) is 27.9 Å². The Hall–Kier alpha value is -2.13. The van der Waals surface area contributed by atoms with E-state index in [9.17, 15) is 14.4 Å². The lowest BCUT2D eigenvalue weighted by atomic mass is 10.1. The Balaban J connectivity index is 2.09. The zero-order valence-electron chi connectivity index (χ0n) is 15.0. The highest BCUT2D eigenvalue weighted by Crippen LogP contribution is 2.35. The summed E-state index contributed by atoms with van der Waals surface area (Å²) < 4.78 is 6.95. The van der Waals surface area contributed by atoms with E-state index in [1.165, 1.54) is 24.3 Å². The SMILES string of the molecule is C=CCOc1c(Br)cc(Br)cc1/C=C1\C(=O)NC(=O)N(c2ccc(Cl)c(Cl)c2)C1=O. The van der Waals surface area contributed by atoms with E-state index < -0.39 is 17.8 Å². The van der Waals surface area contributed by atoms with Crippen LogP contribution >= 0.6 is 55.1 Å². The Morgan fingerprint density at radius 1 is 1.10 bits per heavy atom. The van der Waals surface area contributed by atoms with Gasteiger partial charge in [-0.05, 0) is 52.3 Å². The molecule has 1 fully saturated rings. The van der Waals surface area contributed by atoms with Gasteiger partial charge >= 0.3 is 6.03 Å². The Morgan fingerprint density at radius 3 is 2.50 bits per heavy atom. The van der Waals surface area contributed by atoms with Crippen molar-refractivity contribution >= 4 is 84.7 Å². The molecule has 154 valence electrons. The van der Waals surface area contributed by atoms with Gasteiger partial charge in [-0.25, -0.2) is 9.69 Å². The van der Waals surface area contributed by atoms with Crippen molar-refractivity contribution in [1.29, 1.82) is 0 Å². The number of anilines is 1. The van der Waals surface area contributed by atoms with Crippen molar-refractivity contribution in [3.8, 4) is 5.75 Å². The molecule has 30 heavy (non-hydrogen) atoms. The molecule has 0 saturated carbocycles. The van der Waals surface area contributed by atoms with E-state index in [4.69, 9.17) is 27.9 Å². The lowest BCUT2D eigenvalue weighted by molar-refractivity contribution is -0.122. The van der Waals surface area contributed by atoms with E-state index in [2.05, 4.69) is 43.8 Å². The molecule has 2 aromatic carbocycles. The first-order valence-electron chi connectivity index (χ1n) is 8.32. The van der Waals surface area contributed by atoms with Crippen LogP contribution in [-0.4, -0.2) is 24.5 Å². The molecule has 0 spiro atoms. The summed E-state index contributed by atoms with van der Waals surface area (Å²) in [7, 11) is 0. The van der Waals surface area contributed by atoms with E-state index in [1.807, 2.05) is 0 Å². The van der Waals surface area contributed by atoms with E-state index in [1.54, 1.807) is 18.2 Å². The summed E-state index contributed by atoms with van der Waals surface area (Å²) in [6.45, 7) is 3.82. The number of benzene rings is 2. The van der Waals surface area contributed by atoms with E-state index in [0.29, 0.717) is 20.3 Å². The fraction of sp³-hybridized carbons (Fsp3) is 0.0500. The minimum absolute atomic E-state index is 0.160. The van der Waals surface area contributed by atoms with Gasteiger partial charge in [-0.15, -0.1) is 0 Å². The number of carbonyl (C=O) groups is 3. The van der Waals surface area contributed by atoms with Crippen LogP contribution in [0.1, 0.15) is 5.56 Å². The summed E-state index contributed by atoms with van der Waals surface area (Å²) in [4.78, 5) is 38.7. The number of rotatable bonds is 5. The Kier molecular flexibility index (Phi) is 7.02. The number of nitrogens with zero attached hydrogens (tertiary/aromatic N) is 1. The molecule has 1 aliphatic heterocycles. The van der Waals surface area contributed by atoms with Crippen molar-refractivity contribution < 1.29 is 19.1 Å². The quantitative estimate of drug-likeness (QED) is 0.280. The molecule has 6 nitrogen and oxygen atoms in total. The number of barbiturate groups is 1. The van der Waals surface area contributed by atoms with Crippen molar-refractivity contribution in [2.75, 3.05) is 11.5 Å². The molecule has 0 bridgehead atoms. The highest BCUT2D eigenvalue weighted by atomic mass is 79.9. The summed E-state index contributed by atoms with van der Waals surface area (Å²) in [5.74, 6) is -1.23. The molecule has 1 saturated heterocycles. The van der Waals surface area contributed by atoms with Gasteiger partial charge < -0.3 is 4.74 Å². The highest BCUT2D eigenvalue weighted by molar-refractivity contribution is 9.11. The maximum absolute atomic E-state index is 13.1. The molecule has 1 aliphatic rings. The van der Waals surface area contributed by atoms with Crippen LogP contribution in [0.25, 0.3) is 6.08 Å². The summed E-state index contributed by atoms with van der Waals surface area (Å²) in [5.41, 5.74) is 0.359. The smallest absolute Gasteiger partial charge is 0.335 e. The maximum atomic E-state index is 13.1. The van der Waals surface area contributed by atoms with Crippen LogP contribution in [0.4, 0.5) is 10.5 Å². The van der Waals surface area contributed by atoms with Crippen LogP contribution in [0.15, 0.2) is 57.5 Å². The molecule has 10 heteroatoms. The zero-order valence-corrected chi connectivity index (χ0v) is 19.7. The number of halogens is 4. The third kappa shape index (κ3) is 4.62. The molecule has 1 N–H and O–H groups in total. The topological polar surface area (TPSA) is 75.7 Å². The summed E-state index contributed by atoms with van der Waals surface area (Å²) in [5, 5.41) is 2.58. The van der Waals surface area contributed by atoms with E-state index in [0.717, 1.165) is 4.90 Å². The summed E-state index contributed by atoms with van der Waals surface area (Å²) in [6.07, 6.45) is 2.91. The van der Waals surface area contributed by atoms with Gasteiger partial charge in [0.05, 0.1) is 20.2 Å². The van der Waals surface area contributed by atoms with Crippen molar-refractivity contribution in [3.05, 3.63) is 73.1 Å². The minimum atomic E-state index is -0.890. The van der Waals surface area contributed by atoms with Crippen LogP contribution in [0, 0.1) is 0 Å². The molecule has 0 aromatic heterocycles. The second kappa shape index (κ2) is 9.34. The third-order valence-corrected chi connectivity index (χ3v) is 5.73. The van der Waals surface area contributed by atoms with Gasteiger partial charge in [0.2, 0.25) is 0 Å². The predicted octanol–water partition coefficient (Wildman–Crippen LogP) is 5.75. The van der Waals surface area contributed by atoms with Gasteiger partial charge in [-0.3, -0.25) is 14.9 Å². The number of amides is 4. The molecule has 0 aliphatic carbocycles. The predicted molar refractivity (Wildman–Crippen MR) is 123 cm³/mol. The van der Waals surface area contributed by atoms with Crippen LogP contribution in [0.5, 0.6) is 5.75 Å². The van der Waals surface area contributed by atoms with Crippen LogP contribution < -0.4 is 15.0 Å². The molecule has 0 unspecified atom stereocenters. The van der Waals surface area contributed by atoms with Gasteiger partial charge in [-0.2, -0.15) is 0 Å². The van der Waals surface area contributed by atoms with Crippen LogP contribution in [-0.2, 0) is 9.59 Å². The summed E-state index contributed by atoms with van der Waals surface area (Å²) >= 11 is 18.7. The lowest BCUT2D eigenvalue weighted by Crippen LogP contribution is -2.54. The third-order valence-electron chi connectivity index (χ3n) is 3.95. The molecule has 1 heterocycles. The molecule has 0 radical (unpaired) electrons. The Morgan fingerprint density at radius 2 is 1.83 bits per heavy atom. The number of carbonyl (C=O) groups excluding carboxylic acids is 3. The monoisotopic (exact) mass is 572 g/mol. The first-order chi connectivity index (χ1) is 14.2. The molecular weight excluding hydrogens is 563 g/mol. The van der Waals surface area contributed by atoms with Gasteiger partial charge in [0.25, 0.3) is 11.8 Å².